The Kier molecular flexibility index (Phi) is 4.69. The van der Waals surface area contributed by atoms with Crippen molar-refractivity contribution in [2.75, 3.05) is 33.7 Å². The van der Waals surface area contributed by atoms with Gasteiger partial charge in [-0.05, 0) is 38.7 Å². The number of nitrogens with zero attached hydrogens (tertiary/aromatic N) is 3. The van der Waals surface area contributed by atoms with Crippen LogP contribution >= 0.6 is 0 Å². The Bertz CT molecular complexity index is 352. The van der Waals surface area contributed by atoms with Crippen molar-refractivity contribution in [1.82, 2.24) is 20.1 Å². The van der Waals surface area contributed by atoms with E-state index in [1.165, 1.54) is 5.56 Å². The van der Waals surface area contributed by atoms with E-state index in [9.17, 15) is 0 Å². The number of likely N-dealkylation sites (N-methyl/N-ethyl adjacent to an activating group) is 1. The van der Waals surface area contributed by atoms with Crippen LogP contribution in [0.2, 0.25) is 0 Å². The molecule has 100 valence electrons. The molecule has 1 saturated heterocycles. The molecule has 2 unspecified atom stereocenters. The van der Waals surface area contributed by atoms with Crippen LogP contribution in [0.15, 0.2) is 24.5 Å². The number of rotatable bonds is 4. The second kappa shape index (κ2) is 6.27. The van der Waals surface area contributed by atoms with Crippen molar-refractivity contribution in [1.29, 1.82) is 0 Å². The summed E-state index contributed by atoms with van der Waals surface area (Å²) in [5, 5.41) is 3.53. The molecule has 1 aromatic rings. The third-order valence-corrected chi connectivity index (χ3v) is 3.55. The van der Waals surface area contributed by atoms with Crippen LogP contribution in [-0.2, 0) is 6.54 Å². The van der Waals surface area contributed by atoms with Gasteiger partial charge in [-0.15, -0.1) is 0 Å². The van der Waals surface area contributed by atoms with Crippen LogP contribution in [-0.4, -0.2) is 60.6 Å². The number of aromatic nitrogens is 1. The van der Waals surface area contributed by atoms with Crippen LogP contribution in [0.5, 0.6) is 0 Å². The molecule has 18 heavy (non-hydrogen) atoms. The van der Waals surface area contributed by atoms with Gasteiger partial charge < -0.3 is 10.2 Å². The maximum Gasteiger partial charge on any atom is 0.0354 e. The van der Waals surface area contributed by atoms with E-state index in [1.54, 1.807) is 0 Å². The maximum atomic E-state index is 4.09. The second-order valence-corrected chi connectivity index (χ2v) is 5.45. The fourth-order valence-corrected chi connectivity index (χ4v) is 2.63. The number of hydrogen-bond acceptors (Lipinski definition) is 4. The summed E-state index contributed by atoms with van der Waals surface area (Å²) >= 11 is 0. The largest absolute Gasteiger partial charge is 0.314 e. The summed E-state index contributed by atoms with van der Waals surface area (Å²) in [5.41, 5.74) is 1.35. The van der Waals surface area contributed by atoms with Crippen LogP contribution in [0, 0.1) is 0 Å². The smallest absolute Gasteiger partial charge is 0.0354 e. The summed E-state index contributed by atoms with van der Waals surface area (Å²) in [4.78, 5) is 8.96. The van der Waals surface area contributed by atoms with Crippen LogP contribution in [0.25, 0.3) is 0 Å². The molecule has 1 aliphatic heterocycles. The summed E-state index contributed by atoms with van der Waals surface area (Å²) in [6.45, 7) is 6.57. The highest BCUT2D eigenvalue weighted by Crippen LogP contribution is 2.15. The topological polar surface area (TPSA) is 31.4 Å². The zero-order valence-electron chi connectivity index (χ0n) is 11.6. The van der Waals surface area contributed by atoms with Gasteiger partial charge in [0.1, 0.15) is 0 Å². The quantitative estimate of drug-likeness (QED) is 0.854. The van der Waals surface area contributed by atoms with E-state index in [4.69, 9.17) is 0 Å². The van der Waals surface area contributed by atoms with E-state index < -0.39 is 0 Å². The van der Waals surface area contributed by atoms with Crippen molar-refractivity contribution in [3.8, 4) is 0 Å². The molecule has 1 N–H and O–H groups in total. The van der Waals surface area contributed by atoms with Crippen molar-refractivity contribution in [2.24, 2.45) is 0 Å². The minimum Gasteiger partial charge on any atom is -0.314 e. The zero-order chi connectivity index (χ0) is 13.0. The average molecular weight is 248 g/mol. The number of pyridine rings is 1. The fraction of sp³-hybridized carbons (Fsp3) is 0.643. The SMILES string of the molecule is CC1CNCC(CN(C)C)N1Cc1ccncc1. The molecule has 1 aliphatic rings. The number of nitrogens with one attached hydrogen (secondary N) is 1. The van der Waals surface area contributed by atoms with E-state index in [0.717, 1.165) is 26.2 Å². The normalized spacial score (nSPS) is 25.6. The lowest BCUT2D eigenvalue weighted by molar-refractivity contribution is 0.0797. The Hall–Kier alpha value is -0.970. The first-order chi connectivity index (χ1) is 8.66. The third kappa shape index (κ3) is 3.51. The molecule has 1 aromatic heterocycles. The molecule has 0 radical (unpaired) electrons. The highest BCUT2D eigenvalue weighted by molar-refractivity contribution is 5.10. The van der Waals surface area contributed by atoms with Crippen LogP contribution in [0.3, 0.4) is 0 Å². The summed E-state index contributed by atoms with van der Waals surface area (Å²) in [7, 11) is 4.29. The van der Waals surface area contributed by atoms with Gasteiger partial charge in [-0.3, -0.25) is 9.88 Å². The predicted octanol–water partition coefficient (Wildman–Crippen LogP) is 0.805. The highest BCUT2D eigenvalue weighted by atomic mass is 15.3. The Morgan fingerprint density at radius 3 is 2.72 bits per heavy atom. The minimum atomic E-state index is 0.580. The first kappa shape index (κ1) is 13.5. The van der Waals surface area contributed by atoms with Gasteiger partial charge in [0, 0.05) is 50.7 Å². The molecule has 0 saturated carbocycles. The summed E-state index contributed by atoms with van der Waals surface area (Å²) in [6, 6.07) is 5.39. The molecule has 1 fully saturated rings. The Morgan fingerprint density at radius 2 is 2.06 bits per heavy atom. The summed E-state index contributed by atoms with van der Waals surface area (Å²) in [5.74, 6) is 0. The Balaban J connectivity index is 2.05. The standard InChI is InChI=1S/C14H24N4/c1-12-8-16-9-14(11-17(2)3)18(12)10-13-4-6-15-7-5-13/h4-7,12,14,16H,8-11H2,1-3H3. The second-order valence-electron chi connectivity index (χ2n) is 5.45. The summed E-state index contributed by atoms with van der Waals surface area (Å²) in [6.07, 6.45) is 3.76. The molecular formula is C14H24N4. The zero-order valence-corrected chi connectivity index (χ0v) is 11.6. The van der Waals surface area contributed by atoms with Gasteiger partial charge in [0.25, 0.3) is 0 Å². The first-order valence-electron chi connectivity index (χ1n) is 6.67. The van der Waals surface area contributed by atoms with E-state index in [0.29, 0.717) is 12.1 Å². The molecule has 0 spiro atoms. The highest BCUT2D eigenvalue weighted by Gasteiger charge is 2.27. The molecule has 0 amide bonds. The minimum absolute atomic E-state index is 0.580. The van der Waals surface area contributed by atoms with Crippen molar-refractivity contribution < 1.29 is 0 Å². The maximum absolute atomic E-state index is 4.09. The van der Waals surface area contributed by atoms with Gasteiger partial charge in [-0.1, -0.05) is 0 Å². The predicted molar refractivity (Wildman–Crippen MR) is 74.5 cm³/mol. The lowest BCUT2D eigenvalue weighted by atomic mass is 10.1. The van der Waals surface area contributed by atoms with E-state index in [-0.39, 0.29) is 0 Å². The lowest BCUT2D eigenvalue weighted by Gasteiger charge is -2.42. The molecular weight excluding hydrogens is 224 g/mol. The van der Waals surface area contributed by atoms with Crippen LogP contribution in [0.1, 0.15) is 12.5 Å². The number of hydrogen-bond donors (Lipinski definition) is 1. The third-order valence-electron chi connectivity index (χ3n) is 3.55. The first-order valence-corrected chi connectivity index (χ1v) is 6.67. The van der Waals surface area contributed by atoms with E-state index in [1.807, 2.05) is 12.4 Å². The van der Waals surface area contributed by atoms with Crippen LogP contribution in [0.4, 0.5) is 0 Å². The Morgan fingerprint density at radius 1 is 1.33 bits per heavy atom. The lowest BCUT2D eigenvalue weighted by Crippen LogP contribution is -2.58. The molecule has 2 heterocycles. The van der Waals surface area contributed by atoms with Crippen molar-refractivity contribution >= 4 is 0 Å². The average Bonchev–Trinajstić information content (AvgIpc) is 2.34. The Labute approximate surface area is 110 Å². The van der Waals surface area contributed by atoms with Crippen LogP contribution < -0.4 is 5.32 Å². The van der Waals surface area contributed by atoms with Crippen molar-refractivity contribution in [2.45, 2.75) is 25.6 Å². The molecule has 0 bridgehead atoms. The molecule has 2 atom stereocenters. The van der Waals surface area contributed by atoms with Gasteiger partial charge in [-0.2, -0.15) is 0 Å². The van der Waals surface area contributed by atoms with Gasteiger partial charge in [0.15, 0.2) is 0 Å². The molecule has 0 aromatic carbocycles. The molecule has 4 heteroatoms. The van der Waals surface area contributed by atoms with E-state index >= 15 is 0 Å². The molecule has 0 aliphatic carbocycles. The van der Waals surface area contributed by atoms with Gasteiger partial charge in [0.05, 0.1) is 0 Å². The van der Waals surface area contributed by atoms with Crippen molar-refractivity contribution in [3.05, 3.63) is 30.1 Å². The van der Waals surface area contributed by atoms with Crippen molar-refractivity contribution in [3.63, 3.8) is 0 Å². The summed E-state index contributed by atoms with van der Waals surface area (Å²) < 4.78 is 0. The van der Waals surface area contributed by atoms with Gasteiger partial charge >= 0.3 is 0 Å². The number of piperazine rings is 1. The molecule has 4 nitrogen and oxygen atoms in total. The monoisotopic (exact) mass is 248 g/mol. The van der Waals surface area contributed by atoms with Gasteiger partial charge in [-0.25, -0.2) is 0 Å². The molecule has 2 rings (SSSR count). The van der Waals surface area contributed by atoms with E-state index in [2.05, 4.69) is 53.3 Å². The van der Waals surface area contributed by atoms with Gasteiger partial charge in [0.2, 0.25) is 0 Å². The fourth-order valence-electron chi connectivity index (χ4n) is 2.63.